The summed E-state index contributed by atoms with van der Waals surface area (Å²) in [5.41, 5.74) is 0. The van der Waals surface area contributed by atoms with Crippen LogP contribution in [0.25, 0.3) is 0 Å². The average molecular weight is 176 g/mol. The minimum atomic E-state index is 0.815. The lowest BCUT2D eigenvalue weighted by Crippen LogP contribution is -2.32. The van der Waals surface area contributed by atoms with Gasteiger partial charge < -0.3 is 0 Å². The summed E-state index contributed by atoms with van der Waals surface area (Å²) in [4.78, 5) is 4.78. The fraction of sp³-hybridized carbons (Fsp3) is 1.00. The van der Waals surface area contributed by atoms with Crippen molar-refractivity contribution in [3.8, 4) is 0 Å². The van der Waals surface area contributed by atoms with Gasteiger partial charge in [-0.05, 0) is 14.1 Å². The first kappa shape index (κ1) is 7.28. The van der Waals surface area contributed by atoms with Crippen molar-refractivity contribution in [1.82, 2.24) is 9.80 Å². The van der Waals surface area contributed by atoms with Crippen LogP contribution in [-0.2, 0) is 0 Å². The molecule has 0 saturated carbocycles. The van der Waals surface area contributed by atoms with Crippen LogP contribution in [0.1, 0.15) is 0 Å². The van der Waals surface area contributed by atoms with Crippen molar-refractivity contribution in [2.45, 2.75) is 9.96 Å². The Balaban J connectivity index is 1.97. The van der Waals surface area contributed by atoms with Crippen LogP contribution >= 0.6 is 23.5 Å². The van der Waals surface area contributed by atoms with E-state index in [4.69, 9.17) is 0 Å². The Morgan fingerprint density at radius 2 is 2.20 bits per heavy atom. The van der Waals surface area contributed by atoms with E-state index in [-0.39, 0.29) is 0 Å². The normalized spacial score (nSPS) is 42.6. The van der Waals surface area contributed by atoms with Crippen molar-refractivity contribution in [2.24, 2.45) is 0 Å². The van der Waals surface area contributed by atoms with E-state index in [1.807, 2.05) is 0 Å². The fourth-order valence-corrected chi connectivity index (χ4v) is 3.82. The number of fused-ring (bicyclic) bond motifs is 1. The highest BCUT2D eigenvalue weighted by atomic mass is 32.2. The molecular weight excluding hydrogens is 164 g/mol. The van der Waals surface area contributed by atoms with E-state index in [9.17, 15) is 0 Å². The van der Waals surface area contributed by atoms with Crippen molar-refractivity contribution < 1.29 is 0 Å². The molecule has 2 saturated heterocycles. The second kappa shape index (κ2) is 2.59. The second-order valence-electron chi connectivity index (χ2n) is 2.95. The monoisotopic (exact) mass is 176 g/mol. The minimum Gasteiger partial charge on any atom is -0.284 e. The first-order valence-electron chi connectivity index (χ1n) is 3.43. The Morgan fingerprint density at radius 1 is 1.40 bits per heavy atom. The summed E-state index contributed by atoms with van der Waals surface area (Å²) in [5, 5.41) is 0.815. The van der Waals surface area contributed by atoms with Crippen LogP contribution in [0.2, 0.25) is 0 Å². The summed E-state index contributed by atoms with van der Waals surface area (Å²) in [5.74, 6) is 1.19. The predicted molar refractivity (Wildman–Crippen MR) is 48.0 cm³/mol. The van der Waals surface area contributed by atoms with Gasteiger partial charge in [-0.3, -0.25) is 9.80 Å². The molecular formula is C6H12N2S2. The van der Waals surface area contributed by atoms with E-state index in [0.29, 0.717) is 0 Å². The Hall–Kier alpha value is 0.620. The molecule has 2 heterocycles. The molecule has 2 aliphatic heterocycles. The Morgan fingerprint density at radius 3 is 3.00 bits per heavy atom. The van der Waals surface area contributed by atoms with Gasteiger partial charge in [-0.1, -0.05) is 0 Å². The van der Waals surface area contributed by atoms with Gasteiger partial charge in [0.2, 0.25) is 0 Å². The molecule has 0 radical (unpaired) electrons. The lowest BCUT2D eigenvalue weighted by molar-refractivity contribution is 0.215. The number of hydrogen-bond acceptors (Lipinski definition) is 4. The molecule has 0 N–H and O–H groups in total. The summed E-state index contributed by atoms with van der Waals surface area (Å²) in [7, 11) is 4.39. The number of thioether (sulfide) groups is 2. The van der Waals surface area contributed by atoms with E-state index in [1.165, 1.54) is 5.88 Å². The molecule has 10 heavy (non-hydrogen) atoms. The summed E-state index contributed by atoms with van der Waals surface area (Å²) < 4.78 is 0.870. The zero-order valence-electron chi connectivity index (χ0n) is 6.28. The highest BCUT2D eigenvalue weighted by Gasteiger charge is 2.43. The van der Waals surface area contributed by atoms with Crippen molar-refractivity contribution in [2.75, 3.05) is 26.6 Å². The second-order valence-corrected chi connectivity index (χ2v) is 5.61. The molecule has 2 nitrogen and oxygen atoms in total. The molecule has 58 valence electrons. The molecule has 2 unspecified atom stereocenters. The van der Waals surface area contributed by atoms with Gasteiger partial charge in [-0.25, -0.2) is 0 Å². The molecule has 0 amide bonds. The Labute approximate surface area is 70.3 Å². The molecule has 0 aromatic carbocycles. The zero-order chi connectivity index (χ0) is 7.14. The van der Waals surface area contributed by atoms with E-state index in [0.717, 1.165) is 16.6 Å². The van der Waals surface area contributed by atoms with Gasteiger partial charge in [0.25, 0.3) is 0 Å². The number of hydrogen-bond donors (Lipinski definition) is 0. The van der Waals surface area contributed by atoms with Crippen LogP contribution in [0.15, 0.2) is 0 Å². The maximum absolute atomic E-state index is 2.43. The van der Waals surface area contributed by atoms with Crippen LogP contribution < -0.4 is 0 Å². The topological polar surface area (TPSA) is 6.48 Å². The van der Waals surface area contributed by atoms with Crippen molar-refractivity contribution in [3.05, 3.63) is 0 Å². The lowest BCUT2D eigenvalue weighted by Gasteiger charge is -2.19. The maximum Gasteiger partial charge on any atom is 0.0791 e. The summed E-state index contributed by atoms with van der Waals surface area (Å²) in [6.07, 6.45) is 0. The van der Waals surface area contributed by atoms with Gasteiger partial charge in [0.1, 0.15) is 0 Å². The third-order valence-electron chi connectivity index (χ3n) is 1.79. The standard InChI is InChI=1S/C6H12N2S2/c1-7-3-8(2)5-6(10-5)9-4-7/h5-6H,3-4H2,1-2H3. The maximum atomic E-state index is 2.43. The van der Waals surface area contributed by atoms with E-state index < -0.39 is 0 Å². The van der Waals surface area contributed by atoms with E-state index in [1.54, 1.807) is 0 Å². The number of rotatable bonds is 0. The van der Waals surface area contributed by atoms with Gasteiger partial charge in [-0.15, -0.1) is 23.5 Å². The van der Waals surface area contributed by atoms with Gasteiger partial charge in [0.15, 0.2) is 0 Å². The smallest absolute Gasteiger partial charge is 0.0791 e. The van der Waals surface area contributed by atoms with E-state index in [2.05, 4.69) is 47.4 Å². The Bertz CT molecular complexity index is 140. The molecule has 0 aliphatic carbocycles. The highest BCUT2D eigenvalue weighted by molar-refractivity contribution is 8.23. The van der Waals surface area contributed by atoms with Crippen LogP contribution in [0.4, 0.5) is 0 Å². The average Bonchev–Trinajstić information content (AvgIpc) is 2.59. The summed E-state index contributed by atoms with van der Waals surface area (Å²) >= 11 is 4.16. The van der Waals surface area contributed by atoms with E-state index >= 15 is 0 Å². The largest absolute Gasteiger partial charge is 0.284 e. The molecule has 0 spiro atoms. The molecule has 2 rings (SSSR count). The van der Waals surface area contributed by atoms with Crippen LogP contribution in [0.5, 0.6) is 0 Å². The van der Waals surface area contributed by atoms with Crippen LogP contribution in [0, 0.1) is 0 Å². The molecule has 0 aromatic rings. The van der Waals surface area contributed by atoms with Gasteiger partial charge in [-0.2, -0.15) is 0 Å². The van der Waals surface area contributed by atoms with Gasteiger partial charge in [0.05, 0.1) is 16.6 Å². The molecule has 0 bridgehead atoms. The van der Waals surface area contributed by atoms with Gasteiger partial charge >= 0.3 is 0 Å². The number of nitrogens with zero attached hydrogens (tertiary/aromatic N) is 2. The molecule has 2 aliphatic rings. The van der Waals surface area contributed by atoms with Crippen LogP contribution in [0.3, 0.4) is 0 Å². The van der Waals surface area contributed by atoms with Gasteiger partial charge in [0, 0.05) is 5.88 Å². The SMILES string of the molecule is CN1CSC2SC2N(C)C1. The molecule has 0 aromatic heterocycles. The minimum absolute atomic E-state index is 0.815. The summed E-state index contributed by atoms with van der Waals surface area (Å²) in [6.45, 7) is 1.13. The first-order valence-corrected chi connectivity index (χ1v) is 5.42. The lowest BCUT2D eigenvalue weighted by atomic mass is 10.6. The van der Waals surface area contributed by atoms with Crippen LogP contribution in [-0.4, -0.2) is 46.4 Å². The van der Waals surface area contributed by atoms with Crippen molar-refractivity contribution >= 4 is 23.5 Å². The molecule has 2 fully saturated rings. The first-order chi connectivity index (χ1) is 4.77. The van der Waals surface area contributed by atoms with Crippen molar-refractivity contribution in [1.29, 1.82) is 0 Å². The molecule has 2 atom stereocenters. The third kappa shape index (κ3) is 1.30. The quantitative estimate of drug-likeness (QED) is 0.506. The highest BCUT2D eigenvalue weighted by Crippen LogP contribution is 2.51. The molecule has 4 heteroatoms. The zero-order valence-corrected chi connectivity index (χ0v) is 7.91. The third-order valence-corrected chi connectivity index (χ3v) is 5.00. The summed E-state index contributed by atoms with van der Waals surface area (Å²) in [6, 6.07) is 0. The predicted octanol–water partition coefficient (Wildman–Crippen LogP) is 0.911. The Kier molecular flexibility index (Phi) is 1.88. The van der Waals surface area contributed by atoms with Crippen molar-refractivity contribution in [3.63, 3.8) is 0 Å². The fourth-order valence-electron chi connectivity index (χ4n) is 1.23.